The lowest BCUT2D eigenvalue weighted by Gasteiger charge is -2.25. The van der Waals surface area contributed by atoms with Gasteiger partial charge >= 0.3 is 5.97 Å². The summed E-state index contributed by atoms with van der Waals surface area (Å²) in [6, 6.07) is 13.5. The number of benzene rings is 2. The fourth-order valence-corrected chi connectivity index (χ4v) is 2.79. The van der Waals surface area contributed by atoms with Gasteiger partial charge in [-0.3, -0.25) is 10.0 Å². The highest BCUT2D eigenvalue weighted by Gasteiger charge is 2.20. The molecule has 0 aliphatic heterocycles. The normalized spacial score (nSPS) is 10.4. The Hall–Kier alpha value is -3.14. The fraction of sp³-hybridized carbons (Fsp3) is 0.333. The Bertz CT molecular complexity index is 842. The lowest BCUT2D eigenvalue weighted by molar-refractivity contribution is -0.135. The van der Waals surface area contributed by atoms with Gasteiger partial charge in [0.05, 0.1) is 23.5 Å². The summed E-state index contributed by atoms with van der Waals surface area (Å²) in [5, 5.41) is 19.9. The Morgan fingerprint density at radius 2 is 1.80 bits per heavy atom. The Labute approximate surface area is 175 Å². The number of hydrogen-bond acceptors (Lipinski definition) is 8. The van der Waals surface area contributed by atoms with Crippen molar-refractivity contribution in [3.05, 3.63) is 64.9 Å². The number of carbonyl (C=O) groups is 2. The molecule has 1 amide bonds. The first-order valence-electron chi connectivity index (χ1n) is 9.28. The molecule has 0 saturated heterocycles. The number of nitrogens with zero attached hydrogens (tertiary/aromatic N) is 3. The number of anilines is 2. The first-order valence-corrected chi connectivity index (χ1v) is 9.28. The SMILES string of the molecule is COCCN(Cc1ccccc1)C(=O)COC(=O)c1cc(N([O-])O)ccc1N(C)C. The number of carbonyl (C=O) groups excluding carboxylic acids is 2. The number of esters is 1. The van der Waals surface area contributed by atoms with E-state index in [0.29, 0.717) is 25.4 Å². The van der Waals surface area contributed by atoms with Crippen LogP contribution in [0.4, 0.5) is 11.4 Å². The number of amides is 1. The summed E-state index contributed by atoms with van der Waals surface area (Å²) in [7, 11) is 4.98. The minimum atomic E-state index is -0.776. The van der Waals surface area contributed by atoms with Crippen molar-refractivity contribution in [3.8, 4) is 0 Å². The second-order valence-electron chi connectivity index (χ2n) is 6.74. The van der Waals surface area contributed by atoms with Gasteiger partial charge in [0.1, 0.15) is 0 Å². The quantitative estimate of drug-likeness (QED) is 0.465. The number of rotatable bonds is 10. The molecule has 1 N–H and O–H groups in total. The Morgan fingerprint density at radius 1 is 1.10 bits per heavy atom. The van der Waals surface area contributed by atoms with Crippen LogP contribution in [0.2, 0.25) is 0 Å². The maximum absolute atomic E-state index is 12.7. The van der Waals surface area contributed by atoms with Crippen molar-refractivity contribution in [2.24, 2.45) is 0 Å². The average Bonchev–Trinajstić information content (AvgIpc) is 2.74. The van der Waals surface area contributed by atoms with Gasteiger partial charge in [0.2, 0.25) is 0 Å². The van der Waals surface area contributed by atoms with Crippen molar-refractivity contribution in [1.29, 1.82) is 0 Å². The molecule has 0 radical (unpaired) electrons. The standard InChI is InChI=1S/C21H26N3O6/c1-22(2)19-10-9-17(24(27)28)13-18(19)21(26)30-15-20(25)23(11-12-29-3)14-16-7-5-4-6-8-16/h4-10,13,27H,11-12,14-15H2,1-3H3/q-1. The van der Waals surface area contributed by atoms with Gasteiger partial charge in [0.15, 0.2) is 6.61 Å². The molecule has 0 aliphatic carbocycles. The predicted octanol–water partition coefficient (Wildman–Crippen LogP) is 2.28. The zero-order valence-corrected chi connectivity index (χ0v) is 17.3. The van der Waals surface area contributed by atoms with Crippen LogP contribution in [0.25, 0.3) is 0 Å². The monoisotopic (exact) mass is 416 g/mol. The summed E-state index contributed by atoms with van der Waals surface area (Å²) in [6.45, 7) is 0.576. The minimum absolute atomic E-state index is 0.0618. The van der Waals surface area contributed by atoms with Gasteiger partial charge in [0, 0.05) is 34.3 Å². The van der Waals surface area contributed by atoms with E-state index < -0.39 is 12.6 Å². The molecule has 2 aromatic carbocycles. The van der Waals surface area contributed by atoms with E-state index in [1.54, 1.807) is 31.0 Å². The van der Waals surface area contributed by atoms with Crippen LogP contribution in [0, 0.1) is 5.21 Å². The molecule has 0 aromatic heterocycles. The molecule has 0 aliphatic rings. The van der Waals surface area contributed by atoms with Crippen LogP contribution < -0.4 is 10.1 Å². The molecular weight excluding hydrogens is 390 g/mol. The first kappa shape index (κ1) is 23.1. The molecule has 0 saturated carbocycles. The van der Waals surface area contributed by atoms with Gasteiger partial charge in [-0.2, -0.15) is 0 Å². The lowest BCUT2D eigenvalue weighted by atomic mass is 10.1. The summed E-state index contributed by atoms with van der Waals surface area (Å²) in [5.41, 5.74) is 1.37. The summed E-state index contributed by atoms with van der Waals surface area (Å²) >= 11 is 0. The van der Waals surface area contributed by atoms with E-state index in [9.17, 15) is 14.8 Å². The van der Waals surface area contributed by atoms with Crippen LogP contribution in [0.1, 0.15) is 15.9 Å². The molecule has 0 bridgehead atoms. The molecule has 0 unspecified atom stereocenters. The molecule has 9 heteroatoms. The van der Waals surface area contributed by atoms with Crippen LogP contribution in [-0.2, 0) is 20.8 Å². The van der Waals surface area contributed by atoms with E-state index in [1.807, 2.05) is 30.3 Å². The van der Waals surface area contributed by atoms with Gasteiger partial charge in [-0.25, -0.2) is 4.79 Å². The molecule has 30 heavy (non-hydrogen) atoms. The summed E-state index contributed by atoms with van der Waals surface area (Å²) in [4.78, 5) is 28.5. The van der Waals surface area contributed by atoms with Crippen molar-refractivity contribution in [1.82, 2.24) is 4.90 Å². The molecule has 2 rings (SSSR count). The van der Waals surface area contributed by atoms with E-state index in [2.05, 4.69) is 0 Å². The van der Waals surface area contributed by atoms with Gasteiger partial charge in [0.25, 0.3) is 5.91 Å². The molecule has 2 aromatic rings. The highest BCUT2D eigenvalue weighted by molar-refractivity contribution is 5.98. The second-order valence-corrected chi connectivity index (χ2v) is 6.74. The van der Waals surface area contributed by atoms with Crippen molar-refractivity contribution in [2.75, 3.05) is 51.1 Å². The number of methoxy groups -OCH3 is 1. The molecule has 162 valence electrons. The van der Waals surface area contributed by atoms with Crippen LogP contribution in [0.5, 0.6) is 0 Å². The third kappa shape index (κ3) is 6.45. The molecule has 9 nitrogen and oxygen atoms in total. The molecule has 0 spiro atoms. The third-order valence-electron chi connectivity index (χ3n) is 4.36. The van der Waals surface area contributed by atoms with Crippen molar-refractivity contribution in [3.63, 3.8) is 0 Å². The lowest BCUT2D eigenvalue weighted by Crippen LogP contribution is -2.36. The van der Waals surface area contributed by atoms with Crippen LogP contribution in [0.15, 0.2) is 48.5 Å². The number of hydrogen-bond donors (Lipinski definition) is 1. The molecule has 0 fully saturated rings. The van der Waals surface area contributed by atoms with Crippen LogP contribution in [-0.4, -0.2) is 62.9 Å². The average molecular weight is 416 g/mol. The van der Waals surface area contributed by atoms with Gasteiger partial charge < -0.3 is 29.7 Å². The number of ether oxygens (including phenoxy) is 2. The maximum Gasteiger partial charge on any atom is 0.340 e. The van der Waals surface area contributed by atoms with E-state index in [4.69, 9.17) is 14.7 Å². The van der Waals surface area contributed by atoms with Crippen molar-refractivity contribution in [2.45, 2.75) is 6.54 Å². The highest BCUT2D eigenvalue weighted by atomic mass is 16.8. The van der Waals surface area contributed by atoms with Crippen LogP contribution in [0.3, 0.4) is 0 Å². The molecule has 0 atom stereocenters. The largest absolute Gasteiger partial charge is 0.733 e. The highest BCUT2D eigenvalue weighted by Crippen LogP contribution is 2.25. The molecule has 0 heterocycles. The third-order valence-corrected chi connectivity index (χ3v) is 4.36. The van der Waals surface area contributed by atoms with E-state index in [1.165, 1.54) is 18.2 Å². The van der Waals surface area contributed by atoms with E-state index in [0.717, 1.165) is 5.56 Å². The van der Waals surface area contributed by atoms with Crippen molar-refractivity contribution < 1.29 is 24.3 Å². The van der Waals surface area contributed by atoms with Crippen molar-refractivity contribution >= 4 is 23.3 Å². The topological polar surface area (TPSA) is 106 Å². The fourth-order valence-electron chi connectivity index (χ4n) is 2.79. The second kappa shape index (κ2) is 11.1. The molecular formula is C21H26N3O6-. The zero-order chi connectivity index (χ0) is 22.1. The Kier molecular flexibility index (Phi) is 8.60. The summed E-state index contributed by atoms with van der Waals surface area (Å²) < 4.78 is 10.3. The maximum atomic E-state index is 12.7. The summed E-state index contributed by atoms with van der Waals surface area (Å²) in [6.07, 6.45) is 0. The van der Waals surface area contributed by atoms with Gasteiger partial charge in [-0.15, -0.1) is 0 Å². The first-order chi connectivity index (χ1) is 14.3. The smallest absolute Gasteiger partial charge is 0.340 e. The van der Waals surface area contributed by atoms with E-state index in [-0.39, 0.29) is 22.4 Å². The zero-order valence-electron chi connectivity index (χ0n) is 17.3. The van der Waals surface area contributed by atoms with Crippen LogP contribution >= 0.6 is 0 Å². The van der Waals surface area contributed by atoms with Gasteiger partial charge in [-0.05, 0) is 23.8 Å². The van der Waals surface area contributed by atoms with Gasteiger partial charge in [-0.1, -0.05) is 30.3 Å². The van der Waals surface area contributed by atoms with E-state index >= 15 is 0 Å². The predicted molar refractivity (Wildman–Crippen MR) is 112 cm³/mol. The Morgan fingerprint density at radius 3 is 2.40 bits per heavy atom. The Balaban J connectivity index is 2.10. The summed E-state index contributed by atoms with van der Waals surface area (Å²) in [5.74, 6) is -1.15. The minimum Gasteiger partial charge on any atom is -0.733 e.